The number of carbonyl (C=O) groups excluding carboxylic acids is 2. The largest absolute Gasteiger partial charge is 0.452 e. The first-order valence-corrected chi connectivity index (χ1v) is 12.5. The molecule has 1 aromatic carbocycles. The van der Waals surface area contributed by atoms with Crippen LogP contribution >= 0.6 is 22.7 Å². The van der Waals surface area contributed by atoms with E-state index in [1.807, 2.05) is 41.8 Å². The summed E-state index contributed by atoms with van der Waals surface area (Å²) in [7, 11) is 0. The van der Waals surface area contributed by atoms with Gasteiger partial charge in [0.1, 0.15) is 11.1 Å². The number of fused-ring (bicyclic) bond motifs is 2. The molecule has 168 valence electrons. The molecule has 1 N–H and O–H groups in total. The summed E-state index contributed by atoms with van der Waals surface area (Å²) in [5.41, 5.74) is 4.36. The van der Waals surface area contributed by atoms with Gasteiger partial charge in [0.25, 0.3) is 5.91 Å². The highest BCUT2D eigenvalue weighted by Crippen LogP contribution is 2.36. The lowest BCUT2D eigenvalue weighted by Crippen LogP contribution is -2.22. The summed E-state index contributed by atoms with van der Waals surface area (Å²) < 4.78 is 5.45. The molecule has 34 heavy (non-hydrogen) atoms. The van der Waals surface area contributed by atoms with Gasteiger partial charge in [-0.2, -0.15) is 5.26 Å². The average Bonchev–Trinajstić information content (AvgIpc) is 3.53. The maximum absolute atomic E-state index is 13.3. The molecular weight excluding hydrogens is 466 g/mol. The summed E-state index contributed by atoms with van der Waals surface area (Å²) in [6, 6.07) is 15.2. The number of amides is 1. The molecule has 0 atom stereocenters. The second kappa shape index (κ2) is 9.59. The Bertz CT molecular complexity index is 1460. The fourth-order valence-corrected chi connectivity index (χ4v) is 5.55. The van der Waals surface area contributed by atoms with Crippen LogP contribution in [0.15, 0.2) is 53.2 Å². The number of esters is 1. The Morgan fingerprint density at radius 3 is 2.82 bits per heavy atom. The maximum Gasteiger partial charge on any atom is 0.339 e. The lowest BCUT2D eigenvalue weighted by Gasteiger charge is -2.22. The Kier molecular flexibility index (Phi) is 6.21. The van der Waals surface area contributed by atoms with Crippen LogP contribution in [0.4, 0.5) is 5.00 Å². The van der Waals surface area contributed by atoms with Crippen molar-refractivity contribution in [2.75, 3.05) is 11.9 Å². The van der Waals surface area contributed by atoms with Gasteiger partial charge in [-0.15, -0.1) is 22.7 Å². The Morgan fingerprint density at radius 1 is 1.12 bits per heavy atom. The van der Waals surface area contributed by atoms with Crippen molar-refractivity contribution in [2.24, 2.45) is 0 Å². The molecule has 4 aromatic rings. The molecule has 3 heterocycles. The minimum Gasteiger partial charge on any atom is -0.452 e. The number of nitrogens with one attached hydrogen (secondary N) is 1. The number of para-hydroxylation sites is 1. The van der Waals surface area contributed by atoms with E-state index in [0.717, 1.165) is 34.5 Å². The number of thiophene rings is 2. The van der Waals surface area contributed by atoms with Gasteiger partial charge in [-0.25, -0.2) is 9.78 Å². The third-order valence-electron chi connectivity index (χ3n) is 5.61. The summed E-state index contributed by atoms with van der Waals surface area (Å²) in [6.45, 7) is -0.440. The molecule has 0 saturated carbocycles. The van der Waals surface area contributed by atoms with Crippen molar-refractivity contribution >= 4 is 62.1 Å². The zero-order valence-corrected chi connectivity index (χ0v) is 19.7. The molecule has 0 unspecified atom stereocenters. The van der Waals surface area contributed by atoms with Gasteiger partial charge in [0.05, 0.1) is 22.3 Å². The number of nitrogens with zero attached hydrogens (tertiary/aromatic N) is 2. The summed E-state index contributed by atoms with van der Waals surface area (Å²) in [6.07, 6.45) is 4.64. The zero-order valence-electron chi connectivity index (χ0n) is 18.0. The average molecular weight is 486 g/mol. The van der Waals surface area contributed by atoms with Crippen molar-refractivity contribution < 1.29 is 14.3 Å². The van der Waals surface area contributed by atoms with Crippen molar-refractivity contribution in [1.82, 2.24) is 4.98 Å². The van der Waals surface area contributed by atoms with E-state index in [2.05, 4.69) is 17.5 Å². The van der Waals surface area contributed by atoms with Crippen molar-refractivity contribution in [2.45, 2.75) is 19.3 Å². The van der Waals surface area contributed by atoms with E-state index in [1.165, 1.54) is 11.3 Å². The number of pyridine rings is 1. The van der Waals surface area contributed by atoms with E-state index < -0.39 is 18.5 Å². The molecule has 1 amide bonds. The highest BCUT2D eigenvalue weighted by Gasteiger charge is 2.26. The number of rotatable bonds is 5. The molecule has 5 rings (SSSR count). The number of aromatic nitrogens is 1. The van der Waals surface area contributed by atoms with Gasteiger partial charge < -0.3 is 10.1 Å². The number of hydrogen-bond donors (Lipinski definition) is 1. The van der Waals surface area contributed by atoms with Gasteiger partial charge in [0.15, 0.2) is 6.61 Å². The summed E-state index contributed by atoms with van der Waals surface area (Å²) in [5.74, 6) is -1.04. The first-order valence-electron chi connectivity index (χ1n) is 10.7. The van der Waals surface area contributed by atoms with Crippen LogP contribution in [-0.2, 0) is 16.0 Å². The minimum absolute atomic E-state index is 0.379. The predicted molar refractivity (Wildman–Crippen MR) is 135 cm³/mol. The first kappa shape index (κ1) is 22.0. The predicted octanol–water partition coefficient (Wildman–Crippen LogP) is 5.90. The van der Waals surface area contributed by atoms with Gasteiger partial charge in [-0.05, 0) is 65.4 Å². The SMILES string of the molecule is N#Cc1ccsc1NC(=O)COC(=O)c1c2c(nc3ccccc13)/C(=C/c1cccs1)CCC2. The summed E-state index contributed by atoms with van der Waals surface area (Å²) in [5, 5.41) is 16.7. The van der Waals surface area contributed by atoms with Gasteiger partial charge in [-0.3, -0.25) is 4.79 Å². The van der Waals surface area contributed by atoms with Crippen LogP contribution in [0.5, 0.6) is 0 Å². The van der Waals surface area contributed by atoms with Crippen LogP contribution in [0.2, 0.25) is 0 Å². The number of anilines is 1. The molecule has 0 bridgehead atoms. The topological polar surface area (TPSA) is 92.1 Å². The highest BCUT2D eigenvalue weighted by atomic mass is 32.1. The van der Waals surface area contributed by atoms with Crippen molar-refractivity contribution in [1.29, 1.82) is 5.26 Å². The molecule has 8 heteroatoms. The number of nitriles is 1. The molecule has 0 fully saturated rings. The van der Waals surface area contributed by atoms with Crippen LogP contribution in [0.25, 0.3) is 22.6 Å². The van der Waals surface area contributed by atoms with E-state index in [9.17, 15) is 9.59 Å². The van der Waals surface area contributed by atoms with Crippen molar-refractivity contribution in [3.8, 4) is 6.07 Å². The zero-order chi connectivity index (χ0) is 23.5. The number of allylic oxidation sites excluding steroid dienone is 1. The lowest BCUT2D eigenvalue weighted by atomic mass is 9.86. The number of ether oxygens (including phenoxy) is 1. The van der Waals surface area contributed by atoms with Crippen LogP contribution in [0, 0.1) is 11.3 Å². The number of hydrogen-bond acceptors (Lipinski definition) is 7. The molecular formula is C26H19N3O3S2. The van der Waals surface area contributed by atoms with E-state index in [-0.39, 0.29) is 0 Å². The molecule has 3 aromatic heterocycles. The van der Waals surface area contributed by atoms with Gasteiger partial charge in [-0.1, -0.05) is 24.3 Å². The molecule has 0 aliphatic heterocycles. The second-order valence-electron chi connectivity index (χ2n) is 7.77. The monoisotopic (exact) mass is 485 g/mol. The molecule has 0 spiro atoms. The quantitative estimate of drug-likeness (QED) is 0.355. The molecule has 1 aliphatic rings. The van der Waals surface area contributed by atoms with Crippen LogP contribution < -0.4 is 5.32 Å². The van der Waals surface area contributed by atoms with Gasteiger partial charge >= 0.3 is 5.97 Å². The lowest BCUT2D eigenvalue weighted by molar-refractivity contribution is -0.119. The Labute approximate surface area is 204 Å². The Morgan fingerprint density at radius 2 is 2.00 bits per heavy atom. The van der Waals surface area contributed by atoms with Crippen molar-refractivity contribution in [3.63, 3.8) is 0 Å². The fraction of sp³-hybridized carbons (Fsp3) is 0.154. The minimum atomic E-state index is -0.547. The van der Waals surface area contributed by atoms with E-state index in [0.29, 0.717) is 33.5 Å². The maximum atomic E-state index is 13.3. The molecule has 6 nitrogen and oxygen atoms in total. The molecule has 0 saturated heterocycles. The third-order valence-corrected chi connectivity index (χ3v) is 7.26. The van der Waals surface area contributed by atoms with E-state index >= 15 is 0 Å². The second-order valence-corrected chi connectivity index (χ2v) is 9.66. The standard InChI is InChI=1S/C26H19N3O3S2/c27-14-17-10-12-34-25(17)29-22(30)15-32-26(31)23-19-7-1-2-9-21(19)28-24-16(5-3-8-20(23)24)13-18-6-4-11-33-18/h1-2,4,6-7,9-13H,3,5,8,15H2,(H,29,30)/b16-13+. The van der Waals surface area contributed by atoms with Crippen LogP contribution in [0.1, 0.15) is 44.9 Å². The van der Waals surface area contributed by atoms with E-state index in [4.69, 9.17) is 15.0 Å². The van der Waals surface area contributed by atoms with Gasteiger partial charge in [0, 0.05) is 10.3 Å². The summed E-state index contributed by atoms with van der Waals surface area (Å²) >= 11 is 2.91. The first-order chi connectivity index (χ1) is 16.6. The van der Waals surface area contributed by atoms with Crippen molar-refractivity contribution in [3.05, 3.63) is 80.5 Å². The number of carbonyl (C=O) groups is 2. The highest BCUT2D eigenvalue weighted by molar-refractivity contribution is 7.14. The normalized spacial score (nSPS) is 13.9. The third kappa shape index (κ3) is 4.36. The Hall–Kier alpha value is -3.80. The van der Waals surface area contributed by atoms with Crippen LogP contribution in [-0.4, -0.2) is 23.5 Å². The fourth-order valence-electron chi connectivity index (χ4n) is 4.11. The van der Waals surface area contributed by atoms with E-state index in [1.54, 1.807) is 22.8 Å². The Balaban J connectivity index is 1.46. The number of benzene rings is 1. The summed E-state index contributed by atoms with van der Waals surface area (Å²) in [4.78, 5) is 31.7. The van der Waals surface area contributed by atoms with Gasteiger partial charge in [0.2, 0.25) is 0 Å². The molecule has 0 radical (unpaired) electrons. The smallest absolute Gasteiger partial charge is 0.339 e. The van der Waals surface area contributed by atoms with Crippen LogP contribution in [0.3, 0.4) is 0 Å². The molecule has 1 aliphatic carbocycles.